The molecule has 0 rings (SSSR count). The smallest absolute Gasteiger partial charge is 0.00128 e. The van der Waals surface area contributed by atoms with Gasteiger partial charge >= 0.3 is 0 Å². The van der Waals surface area contributed by atoms with Gasteiger partial charge in [0.1, 0.15) is 0 Å². The number of nitrogens with two attached hydrogens (primary N) is 1. The molecule has 0 atom stereocenters. The Hall–Kier alpha value is -0.160. The van der Waals surface area contributed by atoms with Gasteiger partial charge in [0.15, 0.2) is 0 Å². The van der Waals surface area contributed by atoms with Gasteiger partial charge in [0.05, 0.1) is 0 Å². The highest BCUT2D eigenvalue weighted by Crippen LogP contribution is 1.49. The van der Waals surface area contributed by atoms with Crippen LogP contribution in [0.15, 0.2) is 0 Å². The molecule has 0 saturated carbocycles. The molecule has 4 N–H and O–H groups in total. The number of hydrogen-bond donors (Lipinski definition) is 3. The van der Waals surface area contributed by atoms with Crippen molar-refractivity contribution in [3.63, 3.8) is 0 Å². The van der Waals surface area contributed by atoms with Crippen LogP contribution in [0.3, 0.4) is 0 Å². The van der Waals surface area contributed by atoms with Crippen molar-refractivity contribution in [1.29, 1.82) is 0 Å². The Morgan fingerprint density at radius 3 is 1.38 bits per heavy atom. The van der Waals surface area contributed by atoms with Crippen LogP contribution in [-0.2, 0) is 0 Å². The van der Waals surface area contributed by atoms with E-state index in [0.29, 0.717) is 0 Å². The first-order chi connectivity index (χ1) is 3.68. The molecule has 0 aliphatic rings. The fourth-order valence-electron chi connectivity index (χ4n) is 0. The minimum Gasteiger partial charge on any atom is -0.272 e. The molecule has 0 amide bonds. The molecule has 0 aromatic carbocycles. The van der Waals surface area contributed by atoms with Crippen molar-refractivity contribution in [2.75, 3.05) is 28.2 Å². The highest BCUT2D eigenvalue weighted by molar-refractivity contribution is 4.12. The van der Waals surface area contributed by atoms with E-state index in [1.165, 1.54) is 0 Å². The Morgan fingerprint density at radius 2 is 1.38 bits per heavy atom. The van der Waals surface area contributed by atoms with Gasteiger partial charge < -0.3 is 0 Å². The molecule has 4 heteroatoms. The summed E-state index contributed by atoms with van der Waals surface area (Å²) in [7, 11) is 7.42. The molecule has 0 aliphatic heterocycles. The average molecular weight is 120 g/mol. The van der Waals surface area contributed by atoms with Crippen LogP contribution in [0.4, 0.5) is 0 Å². The molecule has 0 aromatic heterocycles. The molecule has 52 valence electrons. The van der Waals surface area contributed by atoms with Crippen LogP contribution in [-0.4, -0.2) is 33.2 Å². The first kappa shape index (κ1) is 10.8. The molecule has 0 spiro atoms. The van der Waals surface area contributed by atoms with Gasteiger partial charge in [0, 0.05) is 14.1 Å². The predicted octanol–water partition coefficient (Wildman–Crippen LogP) is -1.24. The lowest BCUT2D eigenvalue weighted by Gasteiger charge is -2.02. The van der Waals surface area contributed by atoms with Crippen LogP contribution in [0, 0.1) is 0 Å². The second-order valence-electron chi connectivity index (χ2n) is 1.41. The van der Waals surface area contributed by atoms with E-state index in [-0.39, 0.29) is 0 Å². The zero-order chi connectivity index (χ0) is 6.99. The highest BCUT2D eigenvalue weighted by atomic mass is 15.5. The van der Waals surface area contributed by atoms with Gasteiger partial charge in [-0.2, -0.15) is 0 Å². The maximum Gasteiger partial charge on any atom is 0.00128 e. The van der Waals surface area contributed by atoms with Gasteiger partial charge in [0.2, 0.25) is 0 Å². The fourth-order valence-corrected chi connectivity index (χ4v) is 0. The van der Waals surface area contributed by atoms with Gasteiger partial charge in [-0.05, 0) is 14.1 Å². The summed E-state index contributed by atoms with van der Waals surface area (Å²) in [5.74, 6) is 4.60. The second-order valence-corrected chi connectivity index (χ2v) is 1.41. The lowest BCUT2D eigenvalue weighted by Crippen LogP contribution is -2.25. The fraction of sp³-hybridized carbons (Fsp3) is 1.00. The van der Waals surface area contributed by atoms with Gasteiger partial charge in [-0.3, -0.25) is 21.7 Å². The third-order valence-corrected chi connectivity index (χ3v) is 0.447. The third-order valence-electron chi connectivity index (χ3n) is 0.447. The average Bonchev–Trinajstić information content (AvgIpc) is 1.69. The summed E-state index contributed by atoms with van der Waals surface area (Å²) in [6.45, 7) is 0. The number of hydrazine groups is 2. The van der Waals surface area contributed by atoms with E-state index < -0.39 is 0 Å². The minimum absolute atomic E-state index is 1.65. The Balaban J connectivity index is 0. The summed E-state index contributed by atoms with van der Waals surface area (Å²) >= 11 is 0. The summed E-state index contributed by atoms with van der Waals surface area (Å²) in [6, 6.07) is 0. The molecule has 0 fully saturated rings. The second kappa shape index (κ2) is 9.96. The van der Waals surface area contributed by atoms with Crippen LogP contribution in [0.5, 0.6) is 0 Å². The van der Waals surface area contributed by atoms with Crippen LogP contribution in [0.2, 0.25) is 0 Å². The summed E-state index contributed by atoms with van der Waals surface area (Å²) in [6.07, 6.45) is 0. The van der Waals surface area contributed by atoms with Gasteiger partial charge in [-0.1, -0.05) is 0 Å². The normalized spacial score (nSPS) is 8.25. The highest BCUT2D eigenvalue weighted by Gasteiger charge is 1.68. The number of nitrogens with zero attached hydrogens (tertiary/aromatic N) is 1. The number of hydrogen-bond acceptors (Lipinski definition) is 4. The van der Waals surface area contributed by atoms with Crippen molar-refractivity contribution < 1.29 is 0 Å². The van der Waals surface area contributed by atoms with Crippen molar-refractivity contribution in [1.82, 2.24) is 15.9 Å². The van der Waals surface area contributed by atoms with E-state index in [0.717, 1.165) is 0 Å². The van der Waals surface area contributed by atoms with E-state index in [1.807, 2.05) is 26.2 Å². The van der Waals surface area contributed by atoms with E-state index in [4.69, 9.17) is 0 Å². The van der Waals surface area contributed by atoms with Crippen molar-refractivity contribution in [3.05, 3.63) is 0 Å². The summed E-state index contributed by atoms with van der Waals surface area (Å²) in [4.78, 5) is 0. The standard InChI is InChI=1S/C3H10N2.CH6N2/c1-4-5(2)3;1-3-2/h4H,1-3H3;3H,2H2,1H3. The Kier molecular flexibility index (Phi) is 13.4. The molecule has 8 heavy (non-hydrogen) atoms. The molecule has 0 bridgehead atoms. The molecule has 0 aliphatic carbocycles. The number of nitrogens with one attached hydrogen (secondary N) is 2. The molecule has 0 heterocycles. The monoisotopic (exact) mass is 120 g/mol. The van der Waals surface area contributed by atoms with E-state index in [2.05, 4.69) is 16.7 Å². The molecule has 4 nitrogen and oxygen atoms in total. The van der Waals surface area contributed by atoms with Crippen molar-refractivity contribution in [2.45, 2.75) is 0 Å². The first-order valence-corrected chi connectivity index (χ1v) is 2.41. The maximum absolute atomic E-state index is 4.60. The zero-order valence-corrected chi connectivity index (χ0v) is 6.02. The maximum atomic E-state index is 4.60. The van der Waals surface area contributed by atoms with Gasteiger partial charge in [-0.15, -0.1) is 0 Å². The van der Waals surface area contributed by atoms with E-state index >= 15 is 0 Å². The van der Waals surface area contributed by atoms with E-state index in [1.54, 1.807) is 7.05 Å². The first-order valence-electron chi connectivity index (χ1n) is 2.41. The van der Waals surface area contributed by atoms with Crippen LogP contribution >= 0.6 is 0 Å². The topological polar surface area (TPSA) is 53.3 Å². The predicted molar refractivity (Wildman–Crippen MR) is 36.0 cm³/mol. The molecule has 0 saturated heterocycles. The quantitative estimate of drug-likeness (QED) is 0.299. The van der Waals surface area contributed by atoms with Crippen molar-refractivity contribution in [3.8, 4) is 0 Å². The Labute approximate surface area is 51.0 Å². The summed E-state index contributed by atoms with van der Waals surface area (Å²) in [5.41, 5.74) is 5.11. The lowest BCUT2D eigenvalue weighted by molar-refractivity contribution is 0.323. The van der Waals surface area contributed by atoms with Crippen LogP contribution in [0.25, 0.3) is 0 Å². The summed E-state index contributed by atoms with van der Waals surface area (Å²) < 4.78 is 0. The Morgan fingerprint density at radius 1 is 1.25 bits per heavy atom. The van der Waals surface area contributed by atoms with Crippen molar-refractivity contribution in [2.24, 2.45) is 5.84 Å². The van der Waals surface area contributed by atoms with Crippen LogP contribution in [0.1, 0.15) is 0 Å². The SMILES string of the molecule is CNN.CNN(C)C. The third kappa shape index (κ3) is 40.4. The number of rotatable bonds is 1. The zero-order valence-electron chi connectivity index (χ0n) is 6.02. The van der Waals surface area contributed by atoms with Crippen molar-refractivity contribution >= 4 is 0 Å². The molecular formula is C4H16N4. The molecular weight excluding hydrogens is 104 g/mol. The Bertz CT molecular complexity index is 29.2. The van der Waals surface area contributed by atoms with Crippen LogP contribution < -0.4 is 16.7 Å². The molecule has 0 unspecified atom stereocenters. The summed E-state index contributed by atoms with van der Waals surface area (Å²) in [5, 5.41) is 1.88. The van der Waals surface area contributed by atoms with E-state index in [9.17, 15) is 0 Å². The molecule has 0 aromatic rings. The minimum atomic E-state index is 1.65. The lowest BCUT2D eigenvalue weighted by atomic mass is 11.1. The largest absolute Gasteiger partial charge is 0.272 e. The van der Waals surface area contributed by atoms with Gasteiger partial charge in [-0.25, -0.2) is 0 Å². The molecule has 0 radical (unpaired) electrons. The van der Waals surface area contributed by atoms with Gasteiger partial charge in [0.25, 0.3) is 0 Å².